The van der Waals surface area contributed by atoms with E-state index in [2.05, 4.69) is 5.32 Å². The number of aliphatic hydroxyl groups excluding tert-OH is 3. The average molecular weight is 558 g/mol. The topological polar surface area (TPSA) is 116 Å². The molecular weight excluding hydrogens is 529 g/mol. The van der Waals surface area contributed by atoms with Gasteiger partial charge in [0.1, 0.15) is 12.2 Å². The highest BCUT2D eigenvalue weighted by Gasteiger charge is 2.46. The van der Waals surface area contributed by atoms with E-state index in [1.54, 1.807) is 12.1 Å². The highest BCUT2D eigenvalue weighted by molar-refractivity contribution is 6.42. The lowest BCUT2D eigenvalue weighted by atomic mass is 9.85. The maximum atomic E-state index is 12.8. The van der Waals surface area contributed by atoms with Gasteiger partial charge in [-0.2, -0.15) is 0 Å². The van der Waals surface area contributed by atoms with Crippen molar-refractivity contribution in [1.82, 2.24) is 5.32 Å². The standard InChI is InChI=1S/C29H29Cl2NO6/c1-16(32-25(34)15-24(33)28-26(35)27(36)29(37)38-28)21(13-17-7-12-22(30)23(31)14-17)20-10-8-19(9-11-20)18-5-3-2-4-6-18/h2-12,14,16,21,24,26-28,33,35-36H,13,15H2,1H3,(H,32,34)/t16-,21+,24?,26?,27?,28?/m0/s1. The quantitative estimate of drug-likeness (QED) is 0.296. The normalized spacial score (nSPS) is 21.4. The van der Waals surface area contributed by atoms with E-state index in [4.69, 9.17) is 27.9 Å². The first kappa shape index (κ1) is 28.1. The van der Waals surface area contributed by atoms with Crippen LogP contribution in [0.25, 0.3) is 11.1 Å². The zero-order valence-electron chi connectivity index (χ0n) is 20.6. The van der Waals surface area contributed by atoms with Gasteiger partial charge in [-0.3, -0.25) is 4.79 Å². The average Bonchev–Trinajstić information content (AvgIpc) is 3.17. The zero-order chi connectivity index (χ0) is 27.4. The molecule has 0 aromatic heterocycles. The summed E-state index contributed by atoms with van der Waals surface area (Å²) in [5.74, 6) is -1.68. The predicted molar refractivity (Wildman–Crippen MR) is 145 cm³/mol. The Hall–Kier alpha value is -2.94. The first-order valence-electron chi connectivity index (χ1n) is 12.3. The van der Waals surface area contributed by atoms with E-state index in [9.17, 15) is 24.9 Å². The molecule has 3 aromatic rings. The first-order chi connectivity index (χ1) is 18.1. The largest absolute Gasteiger partial charge is 0.455 e. The molecule has 3 aromatic carbocycles. The van der Waals surface area contributed by atoms with Crippen molar-refractivity contribution in [3.8, 4) is 11.1 Å². The monoisotopic (exact) mass is 557 g/mol. The Morgan fingerprint density at radius 1 is 0.974 bits per heavy atom. The third-order valence-corrected chi connectivity index (χ3v) is 7.54. The predicted octanol–water partition coefficient (Wildman–Crippen LogP) is 3.89. The fourth-order valence-electron chi connectivity index (χ4n) is 4.68. The Morgan fingerprint density at radius 2 is 1.63 bits per heavy atom. The Balaban J connectivity index is 1.51. The third kappa shape index (κ3) is 6.54. The molecule has 1 aliphatic rings. The number of halogens is 2. The minimum atomic E-state index is -1.74. The van der Waals surface area contributed by atoms with Gasteiger partial charge in [-0.25, -0.2) is 4.79 Å². The van der Waals surface area contributed by atoms with Crippen LogP contribution in [0.15, 0.2) is 72.8 Å². The molecule has 0 saturated carbocycles. The number of benzene rings is 3. The van der Waals surface area contributed by atoms with Crippen LogP contribution in [0.1, 0.15) is 30.4 Å². The molecule has 1 amide bonds. The number of rotatable bonds is 9. The number of nitrogens with one attached hydrogen (secondary N) is 1. The van der Waals surface area contributed by atoms with Gasteiger partial charge in [-0.15, -0.1) is 0 Å². The molecule has 4 unspecified atom stereocenters. The minimum absolute atomic E-state index is 0.158. The molecule has 1 heterocycles. The Kier molecular flexibility index (Phi) is 9.07. The van der Waals surface area contributed by atoms with Crippen LogP contribution < -0.4 is 5.32 Å². The van der Waals surface area contributed by atoms with Crippen molar-refractivity contribution < 1.29 is 29.6 Å². The molecule has 38 heavy (non-hydrogen) atoms. The third-order valence-electron chi connectivity index (χ3n) is 6.81. The van der Waals surface area contributed by atoms with Crippen molar-refractivity contribution in [3.05, 3.63) is 94.0 Å². The smallest absolute Gasteiger partial charge is 0.338 e. The van der Waals surface area contributed by atoms with Crippen LogP contribution in [0.4, 0.5) is 0 Å². The van der Waals surface area contributed by atoms with Crippen LogP contribution in [0, 0.1) is 0 Å². The second kappa shape index (κ2) is 12.3. The van der Waals surface area contributed by atoms with Gasteiger partial charge in [0, 0.05) is 12.0 Å². The van der Waals surface area contributed by atoms with Crippen molar-refractivity contribution in [2.24, 2.45) is 0 Å². The minimum Gasteiger partial charge on any atom is -0.455 e. The van der Waals surface area contributed by atoms with Gasteiger partial charge < -0.3 is 25.4 Å². The summed E-state index contributed by atoms with van der Waals surface area (Å²) in [4.78, 5) is 24.3. The second-order valence-corrected chi connectivity index (χ2v) is 10.3. The second-order valence-electron chi connectivity index (χ2n) is 9.51. The number of carbonyl (C=O) groups is 2. The van der Waals surface area contributed by atoms with E-state index in [0.717, 1.165) is 22.3 Å². The van der Waals surface area contributed by atoms with Gasteiger partial charge in [0.05, 0.1) is 16.5 Å². The summed E-state index contributed by atoms with van der Waals surface area (Å²) in [6.45, 7) is 1.87. The lowest BCUT2D eigenvalue weighted by Gasteiger charge is -2.27. The molecule has 0 spiro atoms. The summed E-state index contributed by atoms with van der Waals surface area (Å²) in [5.41, 5.74) is 4.09. The van der Waals surface area contributed by atoms with Gasteiger partial charge in [0.15, 0.2) is 12.2 Å². The maximum absolute atomic E-state index is 12.8. The van der Waals surface area contributed by atoms with Crippen molar-refractivity contribution >= 4 is 35.1 Å². The number of hydrogen-bond acceptors (Lipinski definition) is 6. The van der Waals surface area contributed by atoms with Gasteiger partial charge in [0.25, 0.3) is 0 Å². The highest BCUT2D eigenvalue weighted by atomic mass is 35.5. The van der Waals surface area contributed by atoms with E-state index < -0.39 is 42.7 Å². The number of hydrogen-bond donors (Lipinski definition) is 4. The molecule has 4 N–H and O–H groups in total. The molecule has 1 saturated heterocycles. The number of ether oxygens (including phenoxy) is 1. The number of esters is 1. The molecule has 0 aliphatic carbocycles. The maximum Gasteiger partial charge on any atom is 0.338 e. The molecule has 7 nitrogen and oxygen atoms in total. The fourth-order valence-corrected chi connectivity index (χ4v) is 5.00. The molecule has 1 fully saturated rings. The van der Waals surface area contributed by atoms with Crippen LogP contribution in [-0.2, 0) is 20.7 Å². The van der Waals surface area contributed by atoms with E-state index in [0.29, 0.717) is 16.5 Å². The molecule has 6 atom stereocenters. The Labute approximate surface area is 231 Å². The molecule has 200 valence electrons. The molecular formula is C29H29Cl2NO6. The van der Waals surface area contributed by atoms with Crippen LogP contribution in [-0.4, -0.2) is 57.7 Å². The van der Waals surface area contributed by atoms with E-state index in [-0.39, 0.29) is 12.0 Å². The van der Waals surface area contributed by atoms with Gasteiger partial charge >= 0.3 is 5.97 Å². The van der Waals surface area contributed by atoms with Gasteiger partial charge in [-0.1, -0.05) is 83.9 Å². The molecule has 0 radical (unpaired) electrons. The van der Waals surface area contributed by atoms with Crippen molar-refractivity contribution in [1.29, 1.82) is 0 Å². The van der Waals surface area contributed by atoms with E-state index in [1.807, 2.05) is 67.6 Å². The summed E-state index contributed by atoms with van der Waals surface area (Å²) >= 11 is 12.3. The zero-order valence-corrected chi connectivity index (χ0v) is 22.1. The van der Waals surface area contributed by atoms with Gasteiger partial charge in [-0.05, 0) is 47.7 Å². The Bertz CT molecular complexity index is 1270. The van der Waals surface area contributed by atoms with Crippen molar-refractivity contribution in [2.75, 3.05) is 0 Å². The summed E-state index contributed by atoms with van der Waals surface area (Å²) in [6, 6.07) is 23.2. The molecule has 1 aliphatic heterocycles. The van der Waals surface area contributed by atoms with Crippen LogP contribution in [0.2, 0.25) is 10.0 Å². The lowest BCUT2D eigenvalue weighted by Crippen LogP contribution is -2.44. The molecule has 0 bridgehead atoms. The summed E-state index contributed by atoms with van der Waals surface area (Å²) in [6.07, 6.45) is -6.07. The summed E-state index contributed by atoms with van der Waals surface area (Å²) in [5, 5.41) is 33.7. The van der Waals surface area contributed by atoms with Gasteiger partial charge in [0.2, 0.25) is 5.91 Å². The number of carbonyl (C=O) groups excluding carboxylic acids is 2. The highest BCUT2D eigenvalue weighted by Crippen LogP contribution is 2.30. The van der Waals surface area contributed by atoms with E-state index in [1.165, 1.54) is 0 Å². The number of aliphatic hydroxyl groups is 3. The SMILES string of the molecule is C[C@H](NC(=O)CC(O)C1OC(=O)C(O)C1O)[C@@H](Cc1ccc(Cl)c(Cl)c1)c1ccc(-c2ccccc2)cc1. The number of cyclic esters (lactones) is 1. The van der Waals surface area contributed by atoms with Crippen molar-refractivity contribution in [2.45, 2.75) is 56.1 Å². The van der Waals surface area contributed by atoms with Crippen LogP contribution in [0.5, 0.6) is 0 Å². The molecule has 9 heteroatoms. The first-order valence-corrected chi connectivity index (χ1v) is 13.0. The lowest BCUT2D eigenvalue weighted by molar-refractivity contribution is -0.151. The molecule has 4 rings (SSSR count). The van der Waals surface area contributed by atoms with E-state index >= 15 is 0 Å². The summed E-state index contributed by atoms with van der Waals surface area (Å²) < 4.78 is 4.83. The fraction of sp³-hybridized carbons (Fsp3) is 0.310. The van der Waals surface area contributed by atoms with Crippen LogP contribution >= 0.6 is 23.2 Å². The Morgan fingerprint density at radius 3 is 2.24 bits per heavy atom. The summed E-state index contributed by atoms with van der Waals surface area (Å²) in [7, 11) is 0. The van der Waals surface area contributed by atoms with Crippen molar-refractivity contribution in [3.63, 3.8) is 0 Å². The number of amides is 1. The van der Waals surface area contributed by atoms with Crippen LogP contribution in [0.3, 0.4) is 0 Å².